The number of hydrogen-bond donors (Lipinski definition) is 2. The third kappa shape index (κ3) is 2.40. The van der Waals surface area contributed by atoms with Gasteiger partial charge in [0.05, 0.1) is 6.54 Å². The Morgan fingerprint density at radius 3 is 2.73 bits per heavy atom. The Hall–Kier alpha value is -2.87. The number of aromatic nitrogens is 4. The molecular weight excluding hydrogens is 310 g/mol. The second-order valence-corrected chi connectivity index (χ2v) is 4.79. The van der Waals surface area contributed by atoms with Crippen LogP contribution in [0.2, 0.25) is 5.15 Å². The molecule has 3 rings (SSSR count). The highest BCUT2D eigenvalue weighted by atomic mass is 35.5. The van der Waals surface area contributed by atoms with E-state index in [-0.39, 0.29) is 22.9 Å². The molecule has 0 spiro atoms. The van der Waals surface area contributed by atoms with Crippen molar-refractivity contribution in [1.29, 1.82) is 0 Å². The molecule has 1 amide bonds. The van der Waals surface area contributed by atoms with Gasteiger partial charge in [0.2, 0.25) is 0 Å². The van der Waals surface area contributed by atoms with E-state index in [2.05, 4.69) is 15.0 Å². The number of carbonyl (C=O) groups is 1. The van der Waals surface area contributed by atoms with Crippen LogP contribution in [-0.2, 0) is 6.54 Å². The Labute approximate surface area is 128 Å². The predicted octanol–water partition coefficient (Wildman–Crippen LogP) is 1.59. The maximum atomic E-state index is 12.1. The highest BCUT2D eigenvalue weighted by Crippen LogP contribution is 2.16. The Balaban J connectivity index is 2.14. The molecular formula is C13H10ClN5O3. The second kappa shape index (κ2) is 5.49. The number of nitrogens with zero attached hydrogens (tertiary/aromatic N) is 4. The molecule has 1 aromatic carbocycles. The molecule has 0 bridgehead atoms. The average molecular weight is 320 g/mol. The quantitative estimate of drug-likeness (QED) is 0.713. The first kappa shape index (κ1) is 14.1. The van der Waals surface area contributed by atoms with Crippen LogP contribution in [0.5, 0.6) is 0 Å². The van der Waals surface area contributed by atoms with Crippen molar-refractivity contribution in [3.05, 3.63) is 57.9 Å². The summed E-state index contributed by atoms with van der Waals surface area (Å²) in [4.78, 5) is 33.8. The van der Waals surface area contributed by atoms with E-state index in [1.165, 1.54) is 0 Å². The molecule has 0 aliphatic rings. The van der Waals surface area contributed by atoms with Gasteiger partial charge in [0.1, 0.15) is 11.8 Å². The number of H-pyrrole nitrogens is 1. The number of hydrogen-bond acceptors (Lipinski definition) is 4. The Morgan fingerprint density at radius 2 is 2.05 bits per heavy atom. The molecule has 0 atom stereocenters. The van der Waals surface area contributed by atoms with Crippen LogP contribution in [0.1, 0.15) is 5.56 Å². The second-order valence-electron chi connectivity index (χ2n) is 4.43. The third-order valence-electron chi connectivity index (χ3n) is 3.04. The normalized spacial score (nSPS) is 10.8. The fraction of sp³-hybridized carbons (Fsp3) is 0.0769. The SMILES string of the molecule is O=C(O)N(Cc1ccccc1)n1c(=O)[nH]c2c(Cl)ncnc21. The number of carboxylic acid groups (broad SMARTS) is 1. The number of halogens is 1. The summed E-state index contributed by atoms with van der Waals surface area (Å²) < 4.78 is 0.929. The van der Waals surface area contributed by atoms with Gasteiger partial charge in [0, 0.05) is 0 Å². The van der Waals surface area contributed by atoms with Gasteiger partial charge in [-0.05, 0) is 5.56 Å². The van der Waals surface area contributed by atoms with E-state index in [9.17, 15) is 14.7 Å². The summed E-state index contributed by atoms with van der Waals surface area (Å²) in [5, 5.41) is 10.3. The zero-order valence-corrected chi connectivity index (χ0v) is 11.9. The van der Waals surface area contributed by atoms with Crippen LogP contribution in [0.25, 0.3) is 11.2 Å². The summed E-state index contributed by atoms with van der Waals surface area (Å²) in [5.41, 5.74) is 0.360. The van der Waals surface area contributed by atoms with Crippen molar-refractivity contribution in [2.45, 2.75) is 6.54 Å². The molecule has 0 saturated carbocycles. The summed E-state index contributed by atoms with van der Waals surface area (Å²) in [5.74, 6) is 0. The van der Waals surface area contributed by atoms with E-state index in [1.54, 1.807) is 24.3 Å². The minimum absolute atomic E-state index is 0.00927. The highest BCUT2D eigenvalue weighted by Gasteiger charge is 2.22. The van der Waals surface area contributed by atoms with Gasteiger partial charge in [-0.1, -0.05) is 41.9 Å². The first-order valence-electron chi connectivity index (χ1n) is 6.24. The van der Waals surface area contributed by atoms with Crippen molar-refractivity contribution >= 4 is 28.9 Å². The van der Waals surface area contributed by atoms with Gasteiger partial charge in [-0.25, -0.2) is 24.6 Å². The van der Waals surface area contributed by atoms with Crippen molar-refractivity contribution in [2.24, 2.45) is 0 Å². The number of aromatic amines is 1. The minimum atomic E-state index is -1.29. The van der Waals surface area contributed by atoms with Gasteiger partial charge < -0.3 is 10.1 Å². The standard InChI is InChI=1S/C13H10ClN5O3/c14-10-9-11(16-7-15-10)19(12(20)17-9)18(13(21)22)6-8-4-2-1-3-5-8/h1-5,7H,6H2,(H,17,20)(H,21,22). The number of rotatable bonds is 3. The number of imidazole rings is 1. The molecule has 2 aromatic heterocycles. The van der Waals surface area contributed by atoms with Gasteiger partial charge in [-0.2, -0.15) is 4.68 Å². The van der Waals surface area contributed by atoms with Crippen molar-refractivity contribution in [2.75, 3.05) is 5.01 Å². The molecule has 3 aromatic rings. The Morgan fingerprint density at radius 1 is 1.32 bits per heavy atom. The maximum absolute atomic E-state index is 12.1. The van der Waals surface area contributed by atoms with Crippen LogP contribution >= 0.6 is 11.6 Å². The summed E-state index contributed by atoms with van der Waals surface area (Å²) in [7, 11) is 0. The number of fused-ring (bicyclic) bond motifs is 1. The molecule has 112 valence electrons. The molecule has 0 radical (unpaired) electrons. The van der Waals surface area contributed by atoms with E-state index >= 15 is 0 Å². The lowest BCUT2D eigenvalue weighted by Crippen LogP contribution is -2.44. The lowest BCUT2D eigenvalue weighted by Gasteiger charge is -2.19. The molecule has 2 heterocycles. The van der Waals surface area contributed by atoms with Crippen LogP contribution in [-0.4, -0.2) is 30.8 Å². The monoisotopic (exact) mass is 319 g/mol. The van der Waals surface area contributed by atoms with E-state index in [4.69, 9.17) is 11.6 Å². The van der Waals surface area contributed by atoms with Crippen LogP contribution in [0.3, 0.4) is 0 Å². The Bertz CT molecular complexity index is 890. The molecule has 22 heavy (non-hydrogen) atoms. The van der Waals surface area contributed by atoms with Gasteiger partial charge in [-0.3, -0.25) is 0 Å². The first-order valence-corrected chi connectivity index (χ1v) is 6.61. The molecule has 2 N–H and O–H groups in total. The zero-order valence-electron chi connectivity index (χ0n) is 11.1. The molecule has 0 unspecified atom stereocenters. The smallest absolute Gasteiger partial charge is 0.427 e. The third-order valence-corrected chi connectivity index (χ3v) is 3.33. The summed E-state index contributed by atoms with van der Waals surface area (Å²) in [6, 6.07) is 8.91. The maximum Gasteiger partial charge on any atom is 0.427 e. The number of amides is 1. The van der Waals surface area contributed by atoms with Gasteiger partial charge in [0.15, 0.2) is 10.8 Å². The van der Waals surface area contributed by atoms with Crippen molar-refractivity contribution < 1.29 is 9.90 Å². The van der Waals surface area contributed by atoms with Crippen molar-refractivity contribution in [1.82, 2.24) is 19.6 Å². The van der Waals surface area contributed by atoms with E-state index < -0.39 is 11.8 Å². The molecule has 0 saturated heterocycles. The minimum Gasteiger partial charge on any atom is -0.464 e. The fourth-order valence-electron chi connectivity index (χ4n) is 2.08. The summed E-state index contributed by atoms with van der Waals surface area (Å²) in [6.07, 6.45) is -0.127. The molecule has 8 nitrogen and oxygen atoms in total. The predicted molar refractivity (Wildman–Crippen MR) is 79.5 cm³/mol. The topological polar surface area (TPSA) is 104 Å². The first-order chi connectivity index (χ1) is 10.6. The van der Waals surface area contributed by atoms with Crippen LogP contribution in [0.15, 0.2) is 41.5 Å². The van der Waals surface area contributed by atoms with Crippen LogP contribution < -0.4 is 10.7 Å². The lowest BCUT2D eigenvalue weighted by atomic mass is 10.2. The van der Waals surface area contributed by atoms with Crippen LogP contribution in [0, 0.1) is 0 Å². The van der Waals surface area contributed by atoms with Gasteiger partial charge >= 0.3 is 11.8 Å². The highest BCUT2D eigenvalue weighted by molar-refractivity contribution is 6.33. The van der Waals surface area contributed by atoms with E-state index in [0.717, 1.165) is 21.6 Å². The van der Waals surface area contributed by atoms with E-state index in [1.807, 2.05) is 6.07 Å². The summed E-state index contributed by atoms with van der Waals surface area (Å²) in [6.45, 7) is -0.00927. The largest absolute Gasteiger partial charge is 0.464 e. The van der Waals surface area contributed by atoms with Crippen molar-refractivity contribution in [3.63, 3.8) is 0 Å². The molecule has 0 aliphatic heterocycles. The van der Waals surface area contributed by atoms with Crippen molar-refractivity contribution in [3.8, 4) is 0 Å². The fourth-order valence-corrected chi connectivity index (χ4v) is 2.26. The molecule has 9 heteroatoms. The van der Waals surface area contributed by atoms with Gasteiger partial charge in [-0.15, -0.1) is 0 Å². The number of nitrogens with one attached hydrogen (secondary N) is 1. The summed E-state index contributed by atoms with van der Waals surface area (Å²) >= 11 is 5.89. The lowest BCUT2D eigenvalue weighted by molar-refractivity contribution is 0.194. The molecule has 0 fully saturated rings. The Kier molecular flexibility index (Phi) is 3.51. The average Bonchev–Trinajstić information content (AvgIpc) is 2.83. The zero-order chi connectivity index (χ0) is 15.7. The van der Waals surface area contributed by atoms with Crippen LogP contribution in [0.4, 0.5) is 4.79 Å². The van der Waals surface area contributed by atoms with Gasteiger partial charge in [0.25, 0.3) is 0 Å². The number of benzene rings is 1. The van der Waals surface area contributed by atoms with E-state index in [0.29, 0.717) is 0 Å². The molecule has 0 aliphatic carbocycles.